The Kier molecular flexibility index (Phi) is 5.77. The van der Waals surface area contributed by atoms with Crippen LogP contribution in [0.1, 0.15) is 15.4 Å². The van der Waals surface area contributed by atoms with E-state index in [0.717, 1.165) is 29.8 Å². The number of nitrogens with one attached hydrogen (secondary N) is 1. The number of hydrogen-bond acceptors (Lipinski definition) is 4. The monoisotopic (exact) mass is 318 g/mol. The van der Waals surface area contributed by atoms with Crippen molar-refractivity contribution in [1.29, 1.82) is 0 Å². The van der Waals surface area contributed by atoms with Gasteiger partial charge in [-0.25, -0.2) is 4.98 Å². The van der Waals surface area contributed by atoms with Gasteiger partial charge < -0.3 is 15.0 Å². The van der Waals surface area contributed by atoms with Gasteiger partial charge in [-0.15, -0.1) is 11.3 Å². The topological polar surface area (TPSA) is 49.8 Å². The van der Waals surface area contributed by atoms with E-state index in [1.807, 2.05) is 32.3 Å². The molecule has 118 valence electrons. The molecule has 0 saturated heterocycles. The lowest BCUT2D eigenvalue weighted by Gasteiger charge is -2.22. The van der Waals surface area contributed by atoms with Crippen LogP contribution < -0.4 is 10.1 Å². The highest BCUT2D eigenvalue weighted by atomic mass is 32.1. The molecule has 0 aliphatic heterocycles. The standard InChI is InChI=1S/C16H22N4OS/c1-12-18-9-15(22-12)10-19-16(17-2)20(3)11-13-5-7-14(21-4)8-6-13/h5-9H,10-11H2,1-4H3,(H,17,19). The molecule has 5 nitrogen and oxygen atoms in total. The molecule has 0 fully saturated rings. The second kappa shape index (κ2) is 7.79. The highest BCUT2D eigenvalue weighted by molar-refractivity contribution is 7.11. The third-order valence-corrected chi connectivity index (χ3v) is 4.15. The minimum atomic E-state index is 0.741. The Bertz CT molecular complexity index is 621. The molecule has 2 rings (SSSR count). The highest BCUT2D eigenvalue weighted by Gasteiger charge is 2.07. The van der Waals surface area contributed by atoms with Gasteiger partial charge in [0.05, 0.1) is 18.7 Å². The van der Waals surface area contributed by atoms with Crippen molar-refractivity contribution < 1.29 is 4.74 Å². The summed E-state index contributed by atoms with van der Waals surface area (Å²) >= 11 is 1.70. The molecule has 1 N–H and O–H groups in total. The molecule has 0 atom stereocenters. The van der Waals surface area contributed by atoms with Crippen LogP contribution in [0.15, 0.2) is 35.5 Å². The average Bonchev–Trinajstić information content (AvgIpc) is 2.94. The maximum Gasteiger partial charge on any atom is 0.193 e. The van der Waals surface area contributed by atoms with Crippen molar-refractivity contribution in [3.8, 4) is 5.75 Å². The van der Waals surface area contributed by atoms with Crippen molar-refractivity contribution in [2.75, 3.05) is 21.2 Å². The summed E-state index contributed by atoms with van der Waals surface area (Å²) < 4.78 is 5.18. The van der Waals surface area contributed by atoms with Crippen LogP contribution in [0, 0.1) is 6.92 Å². The third-order valence-electron chi connectivity index (χ3n) is 3.24. The van der Waals surface area contributed by atoms with Crippen molar-refractivity contribution in [2.24, 2.45) is 4.99 Å². The molecule has 0 bridgehead atoms. The number of hydrogen-bond donors (Lipinski definition) is 1. The van der Waals surface area contributed by atoms with E-state index < -0.39 is 0 Å². The number of benzene rings is 1. The molecule has 0 saturated carbocycles. The van der Waals surface area contributed by atoms with Crippen LogP contribution in [0.4, 0.5) is 0 Å². The van der Waals surface area contributed by atoms with E-state index in [0.29, 0.717) is 0 Å². The smallest absolute Gasteiger partial charge is 0.193 e. The first-order valence-electron chi connectivity index (χ1n) is 7.08. The number of aliphatic imine (C=N–C) groups is 1. The van der Waals surface area contributed by atoms with E-state index in [9.17, 15) is 0 Å². The number of rotatable bonds is 5. The lowest BCUT2D eigenvalue weighted by atomic mass is 10.2. The summed E-state index contributed by atoms with van der Waals surface area (Å²) in [5.74, 6) is 1.73. The van der Waals surface area contributed by atoms with E-state index in [-0.39, 0.29) is 0 Å². The van der Waals surface area contributed by atoms with Gasteiger partial charge >= 0.3 is 0 Å². The molecule has 6 heteroatoms. The number of thiazole rings is 1. The molecule has 2 aromatic rings. The van der Waals surface area contributed by atoms with Crippen LogP contribution in [0.3, 0.4) is 0 Å². The number of guanidine groups is 1. The van der Waals surface area contributed by atoms with Crippen LogP contribution in [-0.2, 0) is 13.1 Å². The van der Waals surface area contributed by atoms with Gasteiger partial charge in [-0.05, 0) is 24.6 Å². The van der Waals surface area contributed by atoms with Gasteiger partial charge in [0.1, 0.15) is 5.75 Å². The molecular formula is C16H22N4OS. The van der Waals surface area contributed by atoms with Gasteiger partial charge in [0.2, 0.25) is 0 Å². The third kappa shape index (κ3) is 4.46. The summed E-state index contributed by atoms with van der Waals surface area (Å²) in [7, 11) is 5.50. The van der Waals surface area contributed by atoms with E-state index in [1.54, 1.807) is 25.5 Å². The zero-order valence-electron chi connectivity index (χ0n) is 13.5. The fraction of sp³-hybridized carbons (Fsp3) is 0.375. The summed E-state index contributed by atoms with van der Waals surface area (Å²) in [6.45, 7) is 3.54. The fourth-order valence-electron chi connectivity index (χ4n) is 2.12. The molecule has 1 aromatic heterocycles. The molecule has 0 amide bonds. The van der Waals surface area contributed by atoms with Gasteiger partial charge in [-0.2, -0.15) is 0 Å². The van der Waals surface area contributed by atoms with Gasteiger partial charge in [0.25, 0.3) is 0 Å². The van der Waals surface area contributed by atoms with Crippen molar-refractivity contribution >= 4 is 17.3 Å². The maximum atomic E-state index is 5.18. The SMILES string of the molecule is CN=C(NCc1cnc(C)s1)N(C)Cc1ccc(OC)cc1. The maximum absolute atomic E-state index is 5.18. The number of methoxy groups -OCH3 is 1. The quantitative estimate of drug-likeness (QED) is 0.680. The molecule has 0 aliphatic rings. The van der Waals surface area contributed by atoms with E-state index in [4.69, 9.17) is 4.74 Å². The summed E-state index contributed by atoms with van der Waals surface area (Å²) in [5.41, 5.74) is 1.21. The molecule has 0 radical (unpaired) electrons. The zero-order valence-corrected chi connectivity index (χ0v) is 14.3. The Morgan fingerprint density at radius 3 is 2.64 bits per heavy atom. The first kappa shape index (κ1) is 16.3. The van der Waals surface area contributed by atoms with Crippen molar-refractivity contribution in [1.82, 2.24) is 15.2 Å². The molecular weight excluding hydrogens is 296 g/mol. The lowest BCUT2D eigenvalue weighted by molar-refractivity contribution is 0.414. The number of aromatic nitrogens is 1. The Hall–Kier alpha value is -2.08. The zero-order chi connectivity index (χ0) is 15.9. The molecule has 0 spiro atoms. The van der Waals surface area contributed by atoms with E-state index in [2.05, 4.69) is 32.3 Å². The summed E-state index contributed by atoms with van der Waals surface area (Å²) in [6.07, 6.45) is 1.91. The van der Waals surface area contributed by atoms with Crippen molar-refractivity contribution in [3.63, 3.8) is 0 Å². The highest BCUT2D eigenvalue weighted by Crippen LogP contribution is 2.13. The van der Waals surface area contributed by atoms with Gasteiger partial charge in [-0.1, -0.05) is 12.1 Å². The molecule has 1 heterocycles. The Labute approximate surface area is 135 Å². The average molecular weight is 318 g/mol. The molecule has 0 unspecified atom stereocenters. The molecule has 0 aliphatic carbocycles. The predicted octanol–water partition coefficient (Wildman–Crippen LogP) is 2.67. The molecule has 1 aromatic carbocycles. The van der Waals surface area contributed by atoms with Crippen molar-refractivity contribution in [3.05, 3.63) is 45.9 Å². The first-order chi connectivity index (χ1) is 10.6. The van der Waals surface area contributed by atoms with Crippen LogP contribution in [0.25, 0.3) is 0 Å². The van der Waals surface area contributed by atoms with Gasteiger partial charge in [0, 0.05) is 31.7 Å². The van der Waals surface area contributed by atoms with Crippen LogP contribution in [-0.4, -0.2) is 37.0 Å². The summed E-state index contributed by atoms with van der Waals surface area (Å²) in [5, 5.41) is 4.45. The van der Waals surface area contributed by atoms with Crippen molar-refractivity contribution in [2.45, 2.75) is 20.0 Å². The second-order valence-corrected chi connectivity index (χ2v) is 6.27. The molecule has 22 heavy (non-hydrogen) atoms. The Morgan fingerprint density at radius 2 is 2.09 bits per heavy atom. The summed E-state index contributed by atoms with van der Waals surface area (Å²) in [4.78, 5) is 11.9. The first-order valence-corrected chi connectivity index (χ1v) is 7.90. The lowest BCUT2D eigenvalue weighted by Crippen LogP contribution is -2.37. The minimum absolute atomic E-state index is 0.741. The number of aryl methyl sites for hydroxylation is 1. The second-order valence-electron chi connectivity index (χ2n) is 4.95. The Morgan fingerprint density at radius 1 is 1.36 bits per heavy atom. The number of nitrogens with zero attached hydrogens (tertiary/aromatic N) is 3. The minimum Gasteiger partial charge on any atom is -0.497 e. The predicted molar refractivity (Wildman–Crippen MR) is 91.5 cm³/mol. The van der Waals surface area contributed by atoms with E-state index in [1.165, 1.54) is 10.4 Å². The summed E-state index contributed by atoms with van der Waals surface area (Å²) in [6, 6.07) is 8.07. The normalized spacial score (nSPS) is 11.4. The van der Waals surface area contributed by atoms with Crippen LogP contribution in [0.5, 0.6) is 5.75 Å². The Balaban J connectivity index is 1.91. The fourth-order valence-corrected chi connectivity index (χ4v) is 2.85. The van der Waals surface area contributed by atoms with E-state index >= 15 is 0 Å². The number of ether oxygens (including phenoxy) is 1. The van der Waals surface area contributed by atoms with Gasteiger partial charge in [0.15, 0.2) is 5.96 Å². The van der Waals surface area contributed by atoms with Gasteiger partial charge in [-0.3, -0.25) is 4.99 Å². The van der Waals surface area contributed by atoms with Crippen LogP contribution in [0.2, 0.25) is 0 Å². The largest absolute Gasteiger partial charge is 0.497 e. The van der Waals surface area contributed by atoms with Crippen LogP contribution >= 0.6 is 11.3 Å².